The minimum Gasteiger partial charge on any atom is -0.345 e. The predicted octanol–water partition coefficient (Wildman–Crippen LogP) is 2.19. The second-order valence-corrected chi connectivity index (χ2v) is 6.38. The second kappa shape index (κ2) is 7.51. The van der Waals surface area contributed by atoms with Crippen LogP contribution in [0.1, 0.15) is 37.8 Å². The third-order valence-corrected chi connectivity index (χ3v) is 4.37. The van der Waals surface area contributed by atoms with Crippen LogP contribution in [0.25, 0.3) is 10.9 Å². The van der Waals surface area contributed by atoms with Gasteiger partial charge in [-0.15, -0.1) is 0 Å². The van der Waals surface area contributed by atoms with Gasteiger partial charge in [0.25, 0.3) is 0 Å². The van der Waals surface area contributed by atoms with E-state index in [1.54, 1.807) is 12.1 Å². The maximum atomic E-state index is 12.6. The van der Waals surface area contributed by atoms with Crippen molar-refractivity contribution in [2.75, 3.05) is 0 Å². The summed E-state index contributed by atoms with van der Waals surface area (Å²) in [5, 5.41) is 7.78. The van der Waals surface area contributed by atoms with Crippen LogP contribution < -0.4 is 10.7 Å². The Morgan fingerprint density at radius 3 is 2.85 bits per heavy atom. The van der Waals surface area contributed by atoms with Crippen molar-refractivity contribution in [3.8, 4) is 0 Å². The summed E-state index contributed by atoms with van der Waals surface area (Å²) in [6.45, 7) is 6.70. The third kappa shape index (κ3) is 3.51. The number of carbonyl (C=O) groups excluding carboxylic acids is 1. The SMILES string of the molecule is CCCn1ncnc1[C@@H](C)NC(=O)Cn1c(C)cc(=O)c2ccccc21. The summed E-state index contributed by atoms with van der Waals surface area (Å²) in [6.07, 6.45) is 2.45. The van der Waals surface area contributed by atoms with E-state index in [0.717, 1.165) is 30.0 Å². The fourth-order valence-corrected chi connectivity index (χ4v) is 3.15. The molecule has 1 atom stereocenters. The number of hydrogen-bond donors (Lipinski definition) is 1. The van der Waals surface area contributed by atoms with Crippen molar-refractivity contribution >= 4 is 16.8 Å². The monoisotopic (exact) mass is 353 g/mol. The topological polar surface area (TPSA) is 81.8 Å². The number of nitrogens with zero attached hydrogens (tertiary/aromatic N) is 4. The van der Waals surface area contributed by atoms with Crippen molar-refractivity contribution in [2.24, 2.45) is 0 Å². The molecule has 0 aliphatic rings. The Labute approximate surface area is 151 Å². The molecular formula is C19H23N5O2. The molecule has 0 saturated heterocycles. The average molecular weight is 353 g/mol. The first-order valence-corrected chi connectivity index (χ1v) is 8.77. The minimum absolute atomic E-state index is 0.0317. The summed E-state index contributed by atoms with van der Waals surface area (Å²) in [4.78, 5) is 29.0. The van der Waals surface area contributed by atoms with E-state index < -0.39 is 0 Å². The van der Waals surface area contributed by atoms with E-state index in [0.29, 0.717) is 5.39 Å². The van der Waals surface area contributed by atoms with Crippen molar-refractivity contribution in [1.29, 1.82) is 0 Å². The lowest BCUT2D eigenvalue weighted by Gasteiger charge is -2.17. The average Bonchev–Trinajstić information content (AvgIpc) is 3.07. The molecule has 7 heteroatoms. The van der Waals surface area contributed by atoms with Crippen molar-refractivity contribution in [2.45, 2.75) is 46.3 Å². The molecule has 1 amide bonds. The van der Waals surface area contributed by atoms with Gasteiger partial charge in [-0.3, -0.25) is 9.59 Å². The van der Waals surface area contributed by atoms with Gasteiger partial charge in [0.15, 0.2) is 5.43 Å². The van der Waals surface area contributed by atoms with Crippen LogP contribution in [0, 0.1) is 6.92 Å². The summed E-state index contributed by atoms with van der Waals surface area (Å²) in [7, 11) is 0. The Balaban J connectivity index is 1.81. The lowest BCUT2D eigenvalue weighted by atomic mass is 10.2. The molecule has 1 aromatic carbocycles. The Kier molecular flexibility index (Phi) is 5.16. The van der Waals surface area contributed by atoms with Crippen LogP contribution in [0.4, 0.5) is 0 Å². The molecule has 2 heterocycles. The van der Waals surface area contributed by atoms with E-state index in [-0.39, 0.29) is 23.9 Å². The first kappa shape index (κ1) is 17.8. The summed E-state index contributed by atoms with van der Waals surface area (Å²) in [5.41, 5.74) is 1.48. The summed E-state index contributed by atoms with van der Waals surface area (Å²) in [5.74, 6) is 0.599. The number of carbonyl (C=O) groups is 1. The number of amides is 1. The number of para-hydroxylation sites is 1. The lowest BCUT2D eigenvalue weighted by Crippen LogP contribution is -2.32. The van der Waals surface area contributed by atoms with Gasteiger partial charge in [0.2, 0.25) is 5.91 Å². The lowest BCUT2D eigenvalue weighted by molar-refractivity contribution is -0.122. The Morgan fingerprint density at radius 1 is 1.31 bits per heavy atom. The van der Waals surface area contributed by atoms with Crippen molar-refractivity contribution in [3.05, 3.63) is 58.4 Å². The summed E-state index contributed by atoms with van der Waals surface area (Å²) < 4.78 is 3.67. The van der Waals surface area contributed by atoms with Crippen molar-refractivity contribution in [3.63, 3.8) is 0 Å². The molecule has 0 saturated carbocycles. The molecule has 3 rings (SSSR count). The van der Waals surface area contributed by atoms with Gasteiger partial charge in [0, 0.05) is 23.7 Å². The molecule has 136 valence electrons. The van der Waals surface area contributed by atoms with Crippen LogP contribution in [-0.2, 0) is 17.9 Å². The molecule has 0 aliphatic carbocycles. The smallest absolute Gasteiger partial charge is 0.240 e. The maximum absolute atomic E-state index is 12.6. The van der Waals surface area contributed by atoms with Crippen molar-refractivity contribution in [1.82, 2.24) is 24.6 Å². The highest BCUT2D eigenvalue weighted by Crippen LogP contribution is 2.13. The minimum atomic E-state index is -0.248. The third-order valence-electron chi connectivity index (χ3n) is 4.37. The Hall–Kier alpha value is -2.96. The molecule has 7 nitrogen and oxygen atoms in total. The van der Waals surface area contributed by atoms with Gasteiger partial charge in [0.05, 0.1) is 11.6 Å². The molecule has 0 fully saturated rings. The first-order chi connectivity index (χ1) is 12.5. The molecule has 0 bridgehead atoms. The van der Waals surface area contributed by atoms with Crippen LogP contribution in [0.3, 0.4) is 0 Å². The number of rotatable bonds is 6. The highest BCUT2D eigenvalue weighted by molar-refractivity contribution is 5.82. The standard InChI is InChI=1S/C19H23N5O2/c1-4-9-24-19(20-12-21-24)14(3)22-18(26)11-23-13(2)10-17(25)15-7-5-6-8-16(15)23/h5-8,10,12,14H,4,9,11H2,1-3H3,(H,22,26)/t14-/m1/s1. The molecule has 0 aliphatic heterocycles. The number of aromatic nitrogens is 4. The Morgan fingerprint density at radius 2 is 2.08 bits per heavy atom. The van der Waals surface area contributed by atoms with Gasteiger partial charge in [-0.2, -0.15) is 5.10 Å². The quantitative estimate of drug-likeness (QED) is 0.736. The van der Waals surface area contributed by atoms with Gasteiger partial charge in [-0.05, 0) is 32.4 Å². The molecule has 26 heavy (non-hydrogen) atoms. The Bertz CT molecular complexity index is 989. The maximum Gasteiger partial charge on any atom is 0.240 e. The van der Waals surface area contributed by atoms with Gasteiger partial charge >= 0.3 is 0 Å². The highest BCUT2D eigenvalue weighted by Gasteiger charge is 2.16. The molecule has 1 N–H and O–H groups in total. The van der Waals surface area contributed by atoms with Crippen molar-refractivity contribution < 1.29 is 4.79 Å². The molecule has 0 unspecified atom stereocenters. The van der Waals surface area contributed by atoms with Crippen LogP contribution in [0.5, 0.6) is 0 Å². The van der Waals surface area contributed by atoms with E-state index in [4.69, 9.17) is 0 Å². The first-order valence-electron chi connectivity index (χ1n) is 8.77. The van der Waals surface area contributed by atoms with Gasteiger partial charge in [-0.1, -0.05) is 19.1 Å². The van der Waals surface area contributed by atoms with E-state index in [1.807, 2.05) is 41.3 Å². The van der Waals surface area contributed by atoms with E-state index in [1.165, 1.54) is 6.33 Å². The van der Waals surface area contributed by atoms with E-state index in [2.05, 4.69) is 22.3 Å². The number of benzene rings is 1. The van der Waals surface area contributed by atoms with E-state index in [9.17, 15) is 9.59 Å². The zero-order valence-electron chi connectivity index (χ0n) is 15.3. The van der Waals surface area contributed by atoms with Gasteiger partial charge < -0.3 is 9.88 Å². The van der Waals surface area contributed by atoms with Crippen LogP contribution in [-0.4, -0.2) is 25.2 Å². The molecule has 2 aromatic heterocycles. The zero-order chi connectivity index (χ0) is 18.7. The van der Waals surface area contributed by atoms with Crippen LogP contribution in [0.2, 0.25) is 0 Å². The number of nitrogens with one attached hydrogen (secondary N) is 1. The molecule has 0 spiro atoms. The number of aryl methyl sites for hydroxylation is 2. The molecular weight excluding hydrogens is 330 g/mol. The van der Waals surface area contributed by atoms with Crippen LogP contribution >= 0.6 is 0 Å². The second-order valence-electron chi connectivity index (χ2n) is 6.38. The van der Waals surface area contributed by atoms with Gasteiger partial charge in [-0.25, -0.2) is 9.67 Å². The predicted molar refractivity (Wildman–Crippen MR) is 99.8 cm³/mol. The number of fused-ring (bicyclic) bond motifs is 1. The normalized spacial score (nSPS) is 12.3. The van der Waals surface area contributed by atoms with Crippen LogP contribution in [0.15, 0.2) is 41.5 Å². The number of pyridine rings is 1. The molecule has 0 radical (unpaired) electrons. The number of hydrogen-bond acceptors (Lipinski definition) is 4. The van der Waals surface area contributed by atoms with Gasteiger partial charge in [0.1, 0.15) is 18.7 Å². The fraction of sp³-hybridized carbons (Fsp3) is 0.368. The summed E-state index contributed by atoms with van der Waals surface area (Å²) >= 11 is 0. The zero-order valence-corrected chi connectivity index (χ0v) is 15.3. The highest BCUT2D eigenvalue weighted by atomic mass is 16.2. The largest absolute Gasteiger partial charge is 0.345 e. The molecule has 3 aromatic rings. The fourth-order valence-electron chi connectivity index (χ4n) is 3.15. The summed E-state index contributed by atoms with van der Waals surface area (Å²) in [6, 6.07) is 8.65. The van der Waals surface area contributed by atoms with E-state index >= 15 is 0 Å².